The van der Waals surface area contributed by atoms with Crippen LogP contribution in [0.5, 0.6) is 0 Å². The van der Waals surface area contributed by atoms with Crippen molar-refractivity contribution in [1.82, 2.24) is 10.3 Å². The molecular formula is C15H24ClN3O. The normalized spacial score (nSPS) is 11.6. The third-order valence-electron chi connectivity index (χ3n) is 3.73. The zero-order valence-electron chi connectivity index (χ0n) is 12.9. The Morgan fingerprint density at radius 2 is 2.10 bits per heavy atom. The van der Waals surface area contributed by atoms with E-state index in [2.05, 4.69) is 43.3 Å². The Kier molecular flexibility index (Phi) is 5.81. The van der Waals surface area contributed by atoms with E-state index >= 15 is 0 Å². The Bertz CT molecular complexity index is 472. The summed E-state index contributed by atoms with van der Waals surface area (Å²) in [6, 6.07) is 1.68. The molecule has 0 saturated carbocycles. The number of nitrogens with zero attached hydrogens (tertiary/aromatic N) is 1. The second-order valence-electron chi connectivity index (χ2n) is 5.91. The monoisotopic (exact) mass is 297 g/mol. The van der Waals surface area contributed by atoms with Gasteiger partial charge in [-0.1, -0.05) is 39.3 Å². The van der Waals surface area contributed by atoms with Crippen molar-refractivity contribution in [2.45, 2.75) is 34.6 Å². The highest BCUT2D eigenvalue weighted by molar-refractivity contribution is 6.33. The summed E-state index contributed by atoms with van der Waals surface area (Å²) in [5.74, 6) is 0.975. The molecule has 5 heteroatoms. The van der Waals surface area contributed by atoms with Gasteiger partial charge in [-0.05, 0) is 24.3 Å². The van der Waals surface area contributed by atoms with Crippen LogP contribution in [-0.4, -0.2) is 24.0 Å². The van der Waals surface area contributed by atoms with Crippen molar-refractivity contribution in [2.75, 3.05) is 18.4 Å². The van der Waals surface area contributed by atoms with Crippen LogP contribution in [0.2, 0.25) is 5.02 Å². The first-order chi connectivity index (χ1) is 9.27. The number of hydrogen-bond acceptors (Lipinski definition) is 3. The number of hydrogen-bond donors (Lipinski definition) is 2. The van der Waals surface area contributed by atoms with E-state index in [9.17, 15) is 4.79 Å². The Labute approximate surface area is 126 Å². The molecule has 1 aromatic rings. The molecule has 0 aliphatic carbocycles. The van der Waals surface area contributed by atoms with Crippen LogP contribution < -0.4 is 10.6 Å². The quantitative estimate of drug-likeness (QED) is 0.844. The van der Waals surface area contributed by atoms with Gasteiger partial charge in [-0.15, -0.1) is 0 Å². The number of aromatic nitrogens is 1. The fraction of sp³-hybridized carbons (Fsp3) is 0.600. The second-order valence-corrected chi connectivity index (χ2v) is 6.31. The van der Waals surface area contributed by atoms with Gasteiger partial charge in [-0.25, -0.2) is 4.98 Å². The summed E-state index contributed by atoms with van der Waals surface area (Å²) in [7, 11) is 0. The van der Waals surface area contributed by atoms with Gasteiger partial charge < -0.3 is 10.6 Å². The minimum Gasteiger partial charge on any atom is -0.370 e. The molecule has 0 aliphatic heterocycles. The van der Waals surface area contributed by atoms with Crippen molar-refractivity contribution >= 4 is 23.3 Å². The molecule has 1 rings (SSSR count). The van der Waals surface area contributed by atoms with Gasteiger partial charge >= 0.3 is 0 Å². The minimum absolute atomic E-state index is 0.0413. The SMILES string of the molecule is CCNc1cc(C(=O)NCC(C)(C)C(C)C)c(Cl)cn1. The number of nitrogens with one attached hydrogen (secondary N) is 2. The van der Waals surface area contributed by atoms with E-state index in [0.29, 0.717) is 28.9 Å². The average Bonchev–Trinajstić information content (AvgIpc) is 2.38. The largest absolute Gasteiger partial charge is 0.370 e. The first-order valence-electron chi connectivity index (χ1n) is 6.95. The standard InChI is InChI=1S/C15H24ClN3O/c1-6-17-13-7-11(12(16)8-18-13)14(20)19-9-15(4,5)10(2)3/h7-8,10H,6,9H2,1-5H3,(H,17,18)(H,19,20). The van der Waals surface area contributed by atoms with Crippen LogP contribution in [0.1, 0.15) is 45.0 Å². The topological polar surface area (TPSA) is 54.0 Å². The molecule has 0 radical (unpaired) electrons. The van der Waals surface area contributed by atoms with Gasteiger partial charge in [0.25, 0.3) is 5.91 Å². The van der Waals surface area contributed by atoms with Crippen molar-refractivity contribution in [3.05, 3.63) is 22.8 Å². The van der Waals surface area contributed by atoms with Crippen LogP contribution in [0, 0.1) is 11.3 Å². The summed E-state index contributed by atoms with van der Waals surface area (Å²) in [6.45, 7) is 11.9. The lowest BCUT2D eigenvalue weighted by molar-refractivity contribution is 0.0925. The smallest absolute Gasteiger partial charge is 0.253 e. The van der Waals surface area contributed by atoms with E-state index in [4.69, 9.17) is 11.6 Å². The van der Waals surface area contributed by atoms with E-state index in [0.717, 1.165) is 6.54 Å². The molecule has 0 atom stereocenters. The molecule has 20 heavy (non-hydrogen) atoms. The lowest BCUT2D eigenvalue weighted by Gasteiger charge is -2.29. The van der Waals surface area contributed by atoms with E-state index < -0.39 is 0 Å². The zero-order valence-corrected chi connectivity index (χ0v) is 13.6. The molecule has 2 N–H and O–H groups in total. The van der Waals surface area contributed by atoms with Crippen LogP contribution in [0.15, 0.2) is 12.3 Å². The van der Waals surface area contributed by atoms with Gasteiger partial charge in [0.05, 0.1) is 10.6 Å². The third-order valence-corrected chi connectivity index (χ3v) is 4.03. The van der Waals surface area contributed by atoms with Crippen LogP contribution >= 0.6 is 11.6 Å². The van der Waals surface area contributed by atoms with Gasteiger partial charge in [-0.3, -0.25) is 4.79 Å². The molecule has 0 saturated heterocycles. The Hall–Kier alpha value is -1.29. The van der Waals surface area contributed by atoms with Gasteiger partial charge in [-0.2, -0.15) is 0 Å². The number of pyridine rings is 1. The number of anilines is 1. The molecule has 1 amide bonds. The first-order valence-corrected chi connectivity index (χ1v) is 7.33. The van der Waals surface area contributed by atoms with E-state index in [1.165, 1.54) is 6.20 Å². The highest BCUT2D eigenvalue weighted by atomic mass is 35.5. The number of rotatable bonds is 6. The number of carbonyl (C=O) groups excluding carboxylic acids is 1. The molecule has 4 nitrogen and oxygen atoms in total. The van der Waals surface area contributed by atoms with Crippen LogP contribution in [0.25, 0.3) is 0 Å². The lowest BCUT2D eigenvalue weighted by atomic mass is 9.81. The molecule has 0 unspecified atom stereocenters. The molecule has 0 fully saturated rings. The van der Waals surface area contributed by atoms with Gasteiger partial charge in [0, 0.05) is 19.3 Å². The van der Waals surface area contributed by atoms with Crippen LogP contribution in [0.4, 0.5) is 5.82 Å². The van der Waals surface area contributed by atoms with Crippen molar-refractivity contribution in [1.29, 1.82) is 0 Å². The van der Waals surface area contributed by atoms with E-state index in [1.807, 2.05) is 6.92 Å². The van der Waals surface area contributed by atoms with Crippen LogP contribution in [-0.2, 0) is 0 Å². The van der Waals surface area contributed by atoms with Crippen molar-refractivity contribution in [2.24, 2.45) is 11.3 Å². The Balaban J connectivity index is 2.79. The Morgan fingerprint density at radius 3 is 2.65 bits per heavy atom. The predicted molar refractivity (Wildman–Crippen MR) is 84.4 cm³/mol. The molecule has 1 aromatic heterocycles. The summed E-state index contributed by atoms with van der Waals surface area (Å²) in [5, 5.41) is 6.39. The average molecular weight is 298 g/mol. The fourth-order valence-electron chi connectivity index (χ4n) is 1.50. The second kappa shape index (κ2) is 6.93. The number of amides is 1. The van der Waals surface area contributed by atoms with Gasteiger partial charge in [0.1, 0.15) is 5.82 Å². The summed E-state index contributed by atoms with van der Waals surface area (Å²) >= 11 is 6.05. The lowest BCUT2D eigenvalue weighted by Crippen LogP contribution is -2.37. The zero-order chi connectivity index (χ0) is 15.3. The molecule has 0 aliphatic rings. The van der Waals surface area contributed by atoms with Crippen molar-refractivity contribution < 1.29 is 4.79 Å². The maximum absolute atomic E-state index is 12.2. The molecule has 1 heterocycles. The van der Waals surface area contributed by atoms with Crippen LogP contribution in [0.3, 0.4) is 0 Å². The molecule has 0 bridgehead atoms. The van der Waals surface area contributed by atoms with Crippen molar-refractivity contribution in [3.8, 4) is 0 Å². The summed E-state index contributed by atoms with van der Waals surface area (Å²) < 4.78 is 0. The number of halogens is 1. The van der Waals surface area contributed by atoms with Gasteiger partial charge in [0.15, 0.2) is 0 Å². The summed E-state index contributed by atoms with van der Waals surface area (Å²) in [5.41, 5.74) is 0.497. The van der Waals surface area contributed by atoms with E-state index in [1.54, 1.807) is 6.07 Å². The first kappa shape index (κ1) is 16.8. The van der Waals surface area contributed by atoms with Gasteiger partial charge in [0.2, 0.25) is 0 Å². The summed E-state index contributed by atoms with van der Waals surface area (Å²) in [6.07, 6.45) is 1.50. The maximum atomic E-state index is 12.2. The number of carbonyl (C=O) groups is 1. The molecular weight excluding hydrogens is 274 g/mol. The van der Waals surface area contributed by atoms with Crippen molar-refractivity contribution in [3.63, 3.8) is 0 Å². The highest BCUT2D eigenvalue weighted by Gasteiger charge is 2.23. The maximum Gasteiger partial charge on any atom is 0.253 e. The Morgan fingerprint density at radius 1 is 1.45 bits per heavy atom. The third kappa shape index (κ3) is 4.37. The predicted octanol–water partition coefficient (Wildman–Crippen LogP) is 3.58. The highest BCUT2D eigenvalue weighted by Crippen LogP contribution is 2.25. The molecule has 112 valence electrons. The molecule has 0 aromatic carbocycles. The van der Waals surface area contributed by atoms with E-state index in [-0.39, 0.29) is 11.3 Å². The summed E-state index contributed by atoms with van der Waals surface area (Å²) in [4.78, 5) is 16.4. The fourth-order valence-corrected chi connectivity index (χ4v) is 1.69. The minimum atomic E-state index is -0.162. The molecule has 0 spiro atoms.